The van der Waals surface area contributed by atoms with Gasteiger partial charge in [0.25, 0.3) is 0 Å². The molecule has 3 heteroatoms. The first-order valence-corrected chi connectivity index (χ1v) is 22.3. The summed E-state index contributed by atoms with van der Waals surface area (Å²) in [5.41, 5.74) is 19.7. The first-order valence-electron chi connectivity index (χ1n) is 22.3. The smallest absolute Gasteiger partial charge is 0.164 e. The van der Waals surface area contributed by atoms with E-state index in [9.17, 15) is 0 Å². The molecule has 0 aliphatic heterocycles. The van der Waals surface area contributed by atoms with Crippen molar-refractivity contribution in [3.05, 3.63) is 259 Å². The van der Waals surface area contributed by atoms with Crippen LogP contribution in [0.3, 0.4) is 0 Å². The fourth-order valence-corrected chi connectivity index (χ4v) is 10.7. The molecule has 10 aromatic carbocycles. The highest BCUT2D eigenvalue weighted by atomic mass is 15.0. The molecule has 1 heterocycles. The van der Waals surface area contributed by atoms with E-state index in [-0.39, 0.29) is 0 Å². The van der Waals surface area contributed by atoms with E-state index in [4.69, 9.17) is 15.0 Å². The van der Waals surface area contributed by atoms with Gasteiger partial charge < -0.3 is 0 Å². The van der Waals surface area contributed by atoms with Crippen molar-refractivity contribution in [2.45, 2.75) is 5.41 Å². The van der Waals surface area contributed by atoms with Crippen molar-refractivity contribution in [1.82, 2.24) is 15.0 Å². The second kappa shape index (κ2) is 14.8. The molecule has 1 spiro atoms. The number of hydrogen-bond acceptors (Lipinski definition) is 3. The minimum atomic E-state index is -0.456. The summed E-state index contributed by atoms with van der Waals surface area (Å²) < 4.78 is 0. The monoisotopic (exact) mass is 825 g/mol. The first-order chi connectivity index (χ1) is 32.2. The number of benzene rings is 10. The number of fused-ring (bicyclic) bond motifs is 12. The van der Waals surface area contributed by atoms with Crippen LogP contribution in [0.4, 0.5) is 0 Å². The maximum absolute atomic E-state index is 5.21. The highest BCUT2D eigenvalue weighted by Crippen LogP contribution is 2.65. The minimum absolute atomic E-state index is 0.456. The third kappa shape index (κ3) is 5.79. The highest BCUT2D eigenvalue weighted by molar-refractivity contribution is 6.09. The Bertz CT molecular complexity index is 3500. The third-order valence-corrected chi connectivity index (χ3v) is 13.5. The summed E-state index contributed by atoms with van der Waals surface area (Å²) in [6, 6.07) is 85.2. The number of hydrogen-bond donors (Lipinski definition) is 0. The van der Waals surface area contributed by atoms with Crippen LogP contribution < -0.4 is 0 Å². The molecule has 1 aromatic heterocycles. The van der Waals surface area contributed by atoms with Crippen LogP contribution in [0.1, 0.15) is 22.3 Å². The van der Waals surface area contributed by atoms with Crippen molar-refractivity contribution < 1.29 is 0 Å². The van der Waals surface area contributed by atoms with Gasteiger partial charge in [-0.2, -0.15) is 0 Å². The van der Waals surface area contributed by atoms with Gasteiger partial charge >= 0.3 is 0 Å². The Labute approximate surface area is 378 Å². The maximum atomic E-state index is 5.21. The summed E-state index contributed by atoms with van der Waals surface area (Å²) in [7, 11) is 0. The molecular weight excluding hydrogens is 787 g/mol. The van der Waals surface area contributed by atoms with E-state index in [2.05, 4.69) is 224 Å². The van der Waals surface area contributed by atoms with Gasteiger partial charge in [0, 0.05) is 16.7 Å². The maximum Gasteiger partial charge on any atom is 0.164 e. The fraction of sp³-hybridized carbons (Fsp3) is 0.0161. The molecule has 0 amide bonds. The van der Waals surface area contributed by atoms with Crippen molar-refractivity contribution in [2.24, 2.45) is 0 Å². The second-order valence-corrected chi connectivity index (χ2v) is 17.1. The van der Waals surface area contributed by atoms with Crippen LogP contribution in [0.2, 0.25) is 0 Å². The molecule has 2 aliphatic carbocycles. The molecule has 0 bridgehead atoms. The van der Waals surface area contributed by atoms with Crippen molar-refractivity contribution in [1.29, 1.82) is 0 Å². The summed E-state index contributed by atoms with van der Waals surface area (Å²) in [5.74, 6) is 1.88. The SMILES string of the molecule is c1ccc(-c2cccc(-c3nc(-c4ccc(-c5cc6ccccc6c6c5-c5ccccc5C65c6ccccc6-c6ccccc65)cc4)nc(-c4cccc(-c5ccccc5)c4)n3)c2)cc1. The van der Waals surface area contributed by atoms with E-state index >= 15 is 0 Å². The summed E-state index contributed by atoms with van der Waals surface area (Å²) in [4.78, 5) is 15.6. The first kappa shape index (κ1) is 37.1. The van der Waals surface area contributed by atoms with Crippen molar-refractivity contribution >= 4 is 10.8 Å². The Morgan fingerprint density at radius 3 is 1.25 bits per heavy atom. The van der Waals surface area contributed by atoms with Crippen molar-refractivity contribution in [3.8, 4) is 89.8 Å². The molecule has 11 aromatic rings. The van der Waals surface area contributed by atoms with E-state index in [1.165, 1.54) is 60.8 Å². The van der Waals surface area contributed by atoms with Crippen LogP contribution in [0.25, 0.3) is 101 Å². The number of nitrogens with zero attached hydrogens (tertiary/aromatic N) is 3. The molecule has 0 atom stereocenters. The molecule has 0 N–H and O–H groups in total. The molecule has 0 radical (unpaired) electrons. The molecule has 302 valence electrons. The zero-order valence-corrected chi connectivity index (χ0v) is 35.4. The Kier molecular flexibility index (Phi) is 8.44. The molecular formula is C62H39N3. The van der Waals surface area contributed by atoms with Gasteiger partial charge in [-0.1, -0.05) is 218 Å². The van der Waals surface area contributed by atoms with Gasteiger partial charge in [0.15, 0.2) is 17.5 Å². The Morgan fingerprint density at radius 2 is 0.677 bits per heavy atom. The predicted molar refractivity (Wildman–Crippen MR) is 266 cm³/mol. The van der Waals surface area contributed by atoms with Gasteiger partial charge in [0.05, 0.1) is 5.41 Å². The van der Waals surface area contributed by atoms with Crippen LogP contribution in [0.15, 0.2) is 237 Å². The lowest BCUT2D eigenvalue weighted by Gasteiger charge is -2.31. The van der Waals surface area contributed by atoms with Gasteiger partial charge in [-0.3, -0.25) is 0 Å². The Morgan fingerprint density at radius 1 is 0.262 bits per heavy atom. The summed E-state index contributed by atoms with van der Waals surface area (Å²) >= 11 is 0. The van der Waals surface area contributed by atoms with Crippen molar-refractivity contribution in [3.63, 3.8) is 0 Å². The average Bonchev–Trinajstić information content (AvgIpc) is 3.87. The molecule has 2 aliphatic rings. The molecule has 0 saturated heterocycles. The average molecular weight is 826 g/mol. The topological polar surface area (TPSA) is 38.7 Å². The zero-order valence-electron chi connectivity index (χ0n) is 35.4. The molecule has 0 saturated carbocycles. The molecule has 65 heavy (non-hydrogen) atoms. The van der Waals surface area contributed by atoms with Crippen LogP contribution in [-0.2, 0) is 5.41 Å². The normalized spacial score (nSPS) is 12.7. The third-order valence-electron chi connectivity index (χ3n) is 13.5. The van der Waals surface area contributed by atoms with E-state index in [0.717, 1.165) is 44.5 Å². The molecule has 0 fully saturated rings. The molecule has 0 unspecified atom stereocenters. The number of aromatic nitrogens is 3. The lowest BCUT2D eigenvalue weighted by atomic mass is 9.69. The van der Waals surface area contributed by atoms with Gasteiger partial charge in [-0.15, -0.1) is 0 Å². The Balaban J connectivity index is 0.988. The fourth-order valence-electron chi connectivity index (χ4n) is 10.7. The predicted octanol–water partition coefficient (Wildman–Crippen LogP) is 15.4. The van der Waals surface area contributed by atoms with Crippen LogP contribution in [0.5, 0.6) is 0 Å². The van der Waals surface area contributed by atoms with Crippen molar-refractivity contribution in [2.75, 3.05) is 0 Å². The largest absolute Gasteiger partial charge is 0.208 e. The van der Waals surface area contributed by atoms with Crippen LogP contribution in [0, 0.1) is 0 Å². The van der Waals surface area contributed by atoms with Gasteiger partial charge in [0.1, 0.15) is 0 Å². The van der Waals surface area contributed by atoms with Crippen LogP contribution in [-0.4, -0.2) is 15.0 Å². The van der Waals surface area contributed by atoms with Crippen LogP contribution >= 0.6 is 0 Å². The summed E-state index contributed by atoms with van der Waals surface area (Å²) in [6.45, 7) is 0. The van der Waals surface area contributed by atoms with E-state index in [0.29, 0.717) is 17.5 Å². The lowest BCUT2D eigenvalue weighted by molar-refractivity contribution is 0.801. The number of rotatable bonds is 6. The lowest BCUT2D eigenvalue weighted by Crippen LogP contribution is -2.26. The van der Waals surface area contributed by atoms with E-state index in [1.807, 2.05) is 12.1 Å². The zero-order chi connectivity index (χ0) is 42.9. The van der Waals surface area contributed by atoms with E-state index in [1.54, 1.807) is 0 Å². The van der Waals surface area contributed by atoms with Gasteiger partial charge in [-0.05, 0) is 107 Å². The standard InChI is InChI=1S/C62H39N3/c1-3-17-40(18-4-1)44-22-15-24-47(37-44)60-63-59(64-61(65-60)48-25-16-23-45(38-48)41-19-5-2-6-20-41)43-35-33-42(34-36-43)53-39-46-21-7-8-26-49(46)58-57(53)52-29-11-14-32-56(52)62(58)54-30-12-9-27-50(54)51-28-10-13-31-55(51)62/h1-39H. The highest BCUT2D eigenvalue weighted by Gasteiger charge is 2.53. The summed E-state index contributed by atoms with van der Waals surface area (Å²) in [5, 5.41) is 2.50. The van der Waals surface area contributed by atoms with E-state index < -0.39 is 5.41 Å². The van der Waals surface area contributed by atoms with Gasteiger partial charge in [-0.25, -0.2) is 15.0 Å². The Hall–Kier alpha value is -8.53. The minimum Gasteiger partial charge on any atom is -0.208 e. The molecule has 13 rings (SSSR count). The summed E-state index contributed by atoms with van der Waals surface area (Å²) in [6.07, 6.45) is 0. The second-order valence-electron chi connectivity index (χ2n) is 17.1. The van der Waals surface area contributed by atoms with Gasteiger partial charge in [0.2, 0.25) is 0 Å². The molecule has 3 nitrogen and oxygen atoms in total. The quantitative estimate of drug-likeness (QED) is 0.168.